The fraction of sp³-hybridized carbons (Fsp3) is 0.290. The number of aromatic nitrogens is 1. The highest BCUT2D eigenvalue weighted by atomic mass is 28.4. The Kier molecular flexibility index (Phi) is 7.37. The molecule has 0 saturated carbocycles. The monoisotopic (exact) mass is 529 g/mol. The van der Waals surface area contributed by atoms with Crippen molar-refractivity contribution < 1.29 is 23.9 Å². The van der Waals surface area contributed by atoms with Crippen LogP contribution in [-0.2, 0) is 15.8 Å². The number of benzene rings is 3. The van der Waals surface area contributed by atoms with Gasteiger partial charge in [-0.2, -0.15) is 0 Å². The second-order valence-corrected chi connectivity index (χ2v) is 15.8. The maximum absolute atomic E-state index is 13.5. The quantitative estimate of drug-likeness (QED) is 0.230. The molecule has 1 heterocycles. The highest BCUT2D eigenvalue weighted by Crippen LogP contribution is 2.38. The SMILES string of the molecule is CC(C)(C)OC(=O)c1c(CO[Si](c2ccccc2)(c2ccccc2)C(C)(C)C)[nH]c2cccc(C(=O)O)c12. The first kappa shape index (κ1) is 27.4. The van der Waals surface area contributed by atoms with Gasteiger partial charge in [0.25, 0.3) is 8.32 Å². The second-order valence-electron chi connectivity index (χ2n) is 11.5. The summed E-state index contributed by atoms with van der Waals surface area (Å²) in [5.41, 5.74) is 0.527. The fourth-order valence-corrected chi connectivity index (χ4v) is 9.60. The average molecular weight is 530 g/mol. The molecular weight excluding hydrogens is 494 g/mol. The Morgan fingerprint density at radius 3 is 1.84 bits per heavy atom. The van der Waals surface area contributed by atoms with E-state index in [9.17, 15) is 14.7 Å². The Morgan fingerprint density at radius 2 is 1.37 bits per heavy atom. The van der Waals surface area contributed by atoms with Crippen molar-refractivity contribution in [3.63, 3.8) is 0 Å². The van der Waals surface area contributed by atoms with E-state index in [0.29, 0.717) is 16.6 Å². The molecule has 0 radical (unpaired) electrons. The van der Waals surface area contributed by atoms with Crippen molar-refractivity contribution in [2.75, 3.05) is 0 Å². The number of nitrogens with one attached hydrogen (secondary N) is 1. The number of H-pyrrole nitrogens is 1. The third kappa shape index (κ3) is 5.17. The van der Waals surface area contributed by atoms with Gasteiger partial charge in [0.05, 0.1) is 23.4 Å². The molecule has 4 rings (SSSR count). The van der Waals surface area contributed by atoms with Gasteiger partial charge in [-0.05, 0) is 48.3 Å². The molecule has 0 saturated heterocycles. The Labute approximate surface area is 224 Å². The lowest BCUT2D eigenvalue weighted by Crippen LogP contribution is -2.66. The number of aromatic amines is 1. The van der Waals surface area contributed by atoms with Crippen molar-refractivity contribution in [2.45, 2.75) is 58.8 Å². The summed E-state index contributed by atoms with van der Waals surface area (Å²) in [6, 6.07) is 25.4. The number of hydrogen-bond donors (Lipinski definition) is 2. The molecule has 0 spiro atoms. The van der Waals surface area contributed by atoms with Crippen LogP contribution in [0.5, 0.6) is 0 Å². The van der Waals surface area contributed by atoms with Crippen LogP contribution in [0.1, 0.15) is 68.0 Å². The predicted octanol–water partition coefficient (Wildman–Crippen LogP) is 5.90. The maximum atomic E-state index is 13.5. The third-order valence-electron chi connectivity index (χ3n) is 6.59. The Morgan fingerprint density at radius 1 is 0.816 bits per heavy atom. The number of carboxylic acids is 1. The van der Waals surface area contributed by atoms with Crippen molar-refractivity contribution in [3.05, 3.63) is 95.7 Å². The summed E-state index contributed by atoms with van der Waals surface area (Å²) in [4.78, 5) is 28.9. The number of carboxylic acid groups (broad SMARTS) is 1. The minimum Gasteiger partial charge on any atom is -0.478 e. The van der Waals surface area contributed by atoms with Crippen molar-refractivity contribution in [1.29, 1.82) is 0 Å². The summed E-state index contributed by atoms with van der Waals surface area (Å²) in [7, 11) is -2.91. The smallest absolute Gasteiger partial charge is 0.341 e. The molecule has 38 heavy (non-hydrogen) atoms. The zero-order valence-corrected chi connectivity index (χ0v) is 23.8. The first-order valence-corrected chi connectivity index (χ1v) is 14.6. The topological polar surface area (TPSA) is 88.6 Å². The normalized spacial score (nSPS) is 12.5. The van der Waals surface area contributed by atoms with Gasteiger partial charge in [0.15, 0.2) is 0 Å². The number of ether oxygens (including phenoxy) is 1. The zero-order chi connectivity index (χ0) is 27.7. The van der Waals surface area contributed by atoms with Gasteiger partial charge in [0, 0.05) is 10.9 Å². The molecule has 0 aliphatic rings. The van der Waals surface area contributed by atoms with Crippen LogP contribution < -0.4 is 10.4 Å². The molecule has 0 aliphatic carbocycles. The predicted molar refractivity (Wildman–Crippen MR) is 153 cm³/mol. The number of rotatable bonds is 7. The summed E-state index contributed by atoms with van der Waals surface area (Å²) in [5.74, 6) is -1.70. The first-order valence-electron chi connectivity index (χ1n) is 12.7. The van der Waals surface area contributed by atoms with E-state index in [1.807, 2.05) is 36.4 Å². The van der Waals surface area contributed by atoms with E-state index in [-0.39, 0.29) is 22.8 Å². The molecule has 0 amide bonds. The van der Waals surface area contributed by atoms with Crippen LogP contribution in [0.2, 0.25) is 5.04 Å². The average Bonchev–Trinajstić information content (AvgIpc) is 3.22. The minimum atomic E-state index is -2.91. The Balaban J connectivity index is 1.91. The molecule has 0 aliphatic heterocycles. The van der Waals surface area contributed by atoms with Gasteiger partial charge >= 0.3 is 11.9 Å². The molecule has 0 bridgehead atoms. The van der Waals surface area contributed by atoms with Crippen LogP contribution in [0.3, 0.4) is 0 Å². The van der Waals surface area contributed by atoms with E-state index in [4.69, 9.17) is 9.16 Å². The molecule has 7 heteroatoms. The molecule has 0 unspecified atom stereocenters. The van der Waals surface area contributed by atoms with Crippen LogP contribution in [0.15, 0.2) is 78.9 Å². The zero-order valence-electron chi connectivity index (χ0n) is 22.8. The van der Waals surface area contributed by atoms with Crippen LogP contribution in [0.25, 0.3) is 10.9 Å². The molecule has 1 aromatic heterocycles. The van der Waals surface area contributed by atoms with E-state index in [0.717, 1.165) is 10.4 Å². The van der Waals surface area contributed by atoms with E-state index in [1.165, 1.54) is 6.07 Å². The van der Waals surface area contributed by atoms with Crippen molar-refractivity contribution >= 4 is 41.5 Å². The summed E-state index contributed by atoms with van der Waals surface area (Å²) >= 11 is 0. The third-order valence-corrected chi connectivity index (χ3v) is 11.6. The largest absolute Gasteiger partial charge is 0.478 e. The molecule has 0 fully saturated rings. The molecule has 4 aromatic rings. The lowest BCUT2D eigenvalue weighted by Gasteiger charge is -2.43. The van der Waals surface area contributed by atoms with Crippen LogP contribution in [0.4, 0.5) is 0 Å². The van der Waals surface area contributed by atoms with Gasteiger partial charge in [-0.25, -0.2) is 9.59 Å². The molecular formula is C31H35NO5Si. The van der Waals surface area contributed by atoms with Crippen LogP contribution >= 0.6 is 0 Å². The van der Waals surface area contributed by atoms with Crippen LogP contribution in [-0.4, -0.2) is 35.9 Å². The number of aromatic carboxylic acids is 1. The number of carbonyl (C=O) groups excluding carboxylic acids is 1. The lowest BCUT2D eigenvalue weighted by atomic mass is 10.0. The summed E-state index contributed by atoms with van der Waals surface area (Å²) in [5, 5.41) is 12.2. The minimum absolute atomic E-state index is 0.0382. The standard InChI is InChI=1S/C31H35NO5Si/c1-30(2,3)37-29(35)27-25(32-24-19-13-18-23(26(24)27)28(33)34)20-36-38(31(4,5)6,21-14-9-7-10-15-21)22-16-11-8-12-17-22/h7-19,32H,20H2,1-6H3,(H,33,34). The second kappa shape index (κ2) is 10.2. The lowest BCUT2D eigenvalue weighted by molar-refractivity contribution is 0.00691. The van der Waals surface area contributed by atoms with Crippen molar-refractivity contribution in [2.24, 2.45) is 0 Å². The molecule has 3 aromatic carbocycles. The van der Waals surface area contributed by atoms with Gasteiger partial charge in [-0.1, -0.05) is 87.5 Å². The van der Waals surface area contributed by atoms with Gasteiger partial charge in [0.1, 0.15) is 5.60 Å². The summed E-state index contributed by atoms with van der Waals surface area (Å²) < 4.78 is 12.8. The van der Waals surface area contributed by atoms with Crippen molar-refractivity contribution in [3.8, 4) is 0 Å². The van der Waals surface area contributed by atoms with Gasteiger partial charge in [0.2, 0.25) is 0 Å². The maximum Gasteiger partial charge on any atom is 0.341 e. The Bertz CT molecular complexity index is 1410. The molecule has 6 nitrogen and oxygen atoms in total. The number of hydrogen-bond acceptors (Lipinski definition) is 4. The number of esters is 1. The summed E-state index contributed by atoms with van der Waals surface area (Å²) in [6.45, 7) is 12.0. The van der Waals surface area contributed by atoms with E-state index < -0.39 is 25.9 Å². The first-order chi connectivity index (χ1) is 17.8. The molecule has 198 valence electrons. The van der Waals surface area contributed by atoms with E-state index >= 15 is 0 Å². The molecule has 2 N–H and O–H groups in total. The number of fused-ring (bicyclic) bond motifs is 1. The number of carbonyl (C=O) groups is 2. The van der Waals surface area contributed by atoms with Gasteiger partial charge < -0.3 is 19.3 Å². The van der Waals surface area contributed by atoms with E-state index in [2.05, 4.69) is 50.0 Å². The highest BCUT2D eigenvalue weighted by Gasteiger charge is 2.50. The Hall–Kier alpha value is -3.68. The fourth-order valence-electron chi connectivity index (χ4n) is 5.08. The molecule has 0 atom stereocenters. The van der Waals surface area contributed by atoms with Gasteiger partial charge in [-0.3, -0.25) is 0 Å². The highest BCUT2D eigenvalue weighted by molar-refractivity contribution is 6.99. The van der Waals surface area contributed by atoms with Gasteiger partial charge in [-0.15, -0.1) is 0 Å². The van der Waals surface area contributed by atoms with Crippen LogP contribution in [0, 0.1) is 0 Å². The summed E-state index contributed by atoms with van der Waals surface area (Å²) in [6.07, 6.45) is 0. The van der Waals surface area contributed by atoms with Crippen molar-refractivity contribution in [1.82, 2.24) is 4.98 Å². The van der Waals surface area contributed by atoms with E-state index in [1.54, 1.807) is 32.9 Å².